The SMILES string of the molecule is Cc1nc2c(F)cccc2c(=O)n1C1CCC(=O)CC1=O. The van der Waals surface area contributed by atoms with E-state index in [-0.39, 0.29) is 41.1 Å². The third-order valence-electron chi connectivity index (χ3n) is 3.81. The monoisotopic (exact) mass is 288 g/mol. The van der Waals surface area contributed by atoms with Gasteiger partial charge < -0.3 is 0 Å². The number of nitrogens with zero attached hydrogens (tertiary/aromatic N) is 2. The maximum Gasteiger partial charge on any atom is 0.262 e. The number of para-hydroxylation sites is 1. The second-order valence-corrected chi connectivity index (χ2v) is 5.21. The van der Waals surface area contributed by atoms with Crippen LogP contribution < -0.4 is 5.56 Å². The molecule has 1 aromatic carbocycles. The minimum absolute atomic E-state index is 0.00980. The van der Waals surface area contributed by atoms with Gasteiger partial charge in [-0.1, -0.05) is 6.07 Å². The van der Waals surface area contributed by atoms with Crippen molar-refractivity contribution in [2.45, 2.75) is 32.2 Å². The Bertz CT molecular complexity index is 826. The Morgan fingerprint density at radius 1 is 1.29 bits per heavy atom. The van der Waals surface area contributed by atoms with Crippen LogP contribution in [-0.2, 0) is 9.59 Å². The lowest BCUT2D eigenvalue weighted by Gasteiger charge is -2.23. The molecule has 0 amide bonds. The van der Waals surface area contributed by atoms with Crippen molar-refractivity contribution in [1.29, 1.82) is 0 Å². The van der Waals surface area contributed by atoms with Crippen molar-refractivity contribution in [3.8, 4) is 0 Å². The van der Waals surface area contributed by atoms with Gasteiger partial charge >= 0.3 is 0 Å². The van der Waals surface area contributed by atoms with Crippen molar-refractivity contribution in [2.24, 2.45) is 0 Å². The van der Waals surface area contributed by atoms with E-state index in [1.165, 1.54) is 22.8 Å². The summed E-state index contributed by atoms with van der Waals surface area (Å²) in [5, 5.41) is 0.144. The molecular weight excluding hydrogens is 275 g/mol. The standard InChI is InChI=1S/C15H13FN2O3/c1-8-17-14-10(3-2-4-11(14)16)15(21)18(8)12-6-5-9(19)7-13(12)20/h2-4,12H,5-7H2,1H3. The van der Waals surface area contributed by atoms with Crippen LogP contribution in [0, 0.1) is 12.7 Å². The summed E-state index contributed by atoms with van der Waals surface area (Å²) in [5.41, 5.74) is -0.430. The predicted octanol–water partition coefficient (Wildman–Crippen LogP) is 1.71. The van der Waals surface area contributed by atoms with E-state index in [2.05, 4.69) is 4.98 Å². The molecule has 0 N–H and O–H groups in total. The number of hydrogen-bond acceptors (Lipinski definition) is 4. The van der Waals surface area contributed by atoms with E-state index in [0.717, 1.165) is 0 Å². The van der Waals surface area contributed by atoms with E-state index in [4.69, 9.17) is 0 Å². The van der Waals surface area contributed by atoms with Crippen LogP contribution in [0.2, 0.25) is 0 Å². The first-order valence-corrected chi connectivity index (χ1v) is 6.71. The Balaban J connectivity index is 2.22. The lowest BCUT2D eigenvalue weighted by molar-refractivity contribution is -0.132. The Morgan fingerprint density at radius 3 is 2.76 bits per heavy atom. The predicted molar refractivity (Wildman–Crippen MR) is 73.6 cm³/mol. The second-order valence-electron chi connectivity index (χ2n) is 5.21. The molecule has 3 rings (SSSR count). The number of rotatable bonds is 1. The van der Waals surface area contributed by atoms with Gasteiger partial charge in [0, 0.05) is 6.42 Å². The summed E-state index contributed by atoms with van der Waals surface area (Å²) in [5.74, 6) is -0.675. The third kappa shape index (κ3) is 2.16. The first-order valence-electron chi connectivity index (χ1n) is 6.71. The zero-order valence-electron chi connectivity index (χ0n) is 11.4. The second kappa shape index (κ2) is 4.87. The number of Topliss-reactive ketones (excluding diaryl/α,β-unsaturated/α-hetero) is 2. The number of benzene rings is 1. The van der Waals surface area contributed by atoms with Crippen LogP contribution in [0.15, 0.2) is 23.0 Å². The first-order chi connectivity index (χ1) is 9.99. The normalized spacial score (nSPS) is 19.2. The van der Waals surface area contributed by atoms with E-state index < -0.39 is 17.4 Å². The summed E-state index contributed by atoms with van der Waals surface area (Å²) in [4.78, 5) is 40.0. The quantitative estimate of drug-likeness (QED) is 0.749. The van der Waals surface area contributed by atoms with Gasteiger partial charge in [-0.05, 0) is 25.5 Å². The fourth-order valence-electron chi connectivity index (χ4n) is 2.79. The highest BCUT2D eigenvalue weighted by Gasteiger charge is 2.30. The van der Waals surface area contributed by atoms with Crippen LogP contribution in [0.1, 0.15) is 31.1 Å². The van der Waals surface area contributed by atoms with Gasteiger partial charge in [0.1, 0.15) is 22.9 Å². The third-order valence-corrected chi connectivity index (χ3v) is 3.81. The number of carbonyl (C=O) groups is 2. The minimum atomic E-state index is -0.685. The molecule has 0 bridgehead atoms. The van der Waals surface area contributed by atoms with E-state index in [1.807, 2.05) is 0 Å². The van der Waals surface area contributed by atoms with Gasteiger partial charge in [0.25, 0.3) is 5.56 Å². The number of aromatic nitrogens is 2. The van der Waals surface area contributed by atoms with Crippen LogP contribution in [0.4, 0.5) is 4.39 Å². The maximum absolute atomic E-state index is 13.7. The van der Waals surface area contributed by atoms with E-state index >= 15 is 0 Å². The average Bonchev–Trinajstić information content (AvgIpc) is 2.42. The van der Waals surface area contributed by atoms with Crippen molar-refractivity contribution in [3.63, 3.8) is 0 Å². The summed E-state index contributed by atoms with van der Waals surface area (Å²) < 4.78 is 15.0. The van der Waals surface area contributed by atoms with Crippen LogP contribution >= 0.6 is 0 Å². The van der Waals surface area contributed by atoms with Gasteiger partial charge in [-0.25, -0.2) is 9.37 Å². The number of fused-ring (bicyclic) bond motifs is 1. The summed E-state index contributed by atoms with van der Waals surface area (Å²) in [7, 11) is 0. The first kappa shape index (κ1) is 13.6. The smallest absolute Gasteiger partial charge is 0.262 e. The Hall–Kier alpha value is -2.37. The van der Waals surface area contributed by atoms with Gasteiger partial charge in [-0.15, -0.1) is 0 Å². The van der Waals surface area contributed by atoms with Gasteiger partial charge in [0.15, 0.2) is 5.78 Å². The summed E-state index contributed by atoms with van der Waals surface area (Å²) in [6, 6.07) is 3.48. The fourth-order valence-corrected chi connectivity index (χ4v) is 2.79. The van der Waals surface area contributed by atoms with E-state index in [0.29, 0.717) is 6.42 Å². The Morgan fingerprint density at radius 2 is 2.05 bits per heavy atom. The molecular formula is C15H13FN2O3. The molecule has 0 spiro atoms. The van der Waals surface area contributed by atoms with Crippen molar-refractivity contribution >= 4 is 22.5 Å². The molecule has 0 aliphatic heterocycles. The number of aryl methyl sites for hydroxylation is 1. The average molecular weight is 288 g/mol. The highest BCUT2D eigenvalue weighted by Crippen LogP contribution is 2.24. The molecule has 1 fully saturated rings. The van der Waals surface area contributed by atoms with Crippen LogP contribution in [0.5, 0.6) is 0 Å². The van der Waals surface area contributed by atoms with Crippen molar-refractivity contribution in [2.75, 3.05) is 0 Å². The topological polar surface area (TPSA) is 69.0 Å². The number of ketones is 2. The fraction of sp³-hybridized carbons (Fsp3) is 0.333. The van der Waals surface area contributed by atoms with Crippen molar-refractivity contribution < 1.29 is 14.0 Å². The van der Waals surface area contributed by atoms with Gasteiger partial charge in [0.05, 0.1) is 17.8 Å². The molecule has 6 heteroatoms. The molecule has 1 saturated carbocycles. The van der Waals surface area contributed by atoms with Gasteiger partial charge in [-0.3, -0.25) is 19.0 Å². The Labute approximate surface area is 119 Å². The highest BCUT2D eigenvalue weighted by molar-refractivity contribution is 6.03. The van der Waals surface area contributed by atoms with E-state index in [1.54, 1.807) is 6.92 Å². The summed E-state index contributed by atoms with van der Waals surface area (Å²) >= 11 is 0. The number of hydrogen-bond donors (Lipinski definition) is 0. The molecule has 21 heavy (non-hydrogen) atoms. The molecule has 5 nitrogen and oxygen atoms in total. The van der Waals surface area contributed by atoms with Crippen LogP contribution in [0.3, 0.4) is 0 Å². The molecule has 2 aromatic rings. The molecule has 108 valence electrons. The zero-order valence-corrected chi connectivity index (χ0v) is 11.4. The molecule has 1 aliphatic carbocycles. The molecule has 1 unspecified atom stereocenters. The highest BCUT2D eigenvalue weighted by atomic mass is 19.1. The lowest BCUT2D eigenvalue weighted by atomic mass is 9.92. The largest absolute Gasteiger partial charge is 0.299 e. The van der Waals surface area contributed by atoms with Gasteiger partial charge in [-0.2, -0.15) is 0 Å². The number of halogens is 1. The molecule has 0 radical (unpaired) electrons. The van der Waals surface area contributed by atoms with Crippen LogP contribution in [0.25, 0.3) is 10.9 Å². The molecule has 1 aromatic heterocycles. The number of carbonyl (C=O) groups excluding carboxylic acids is 2. The lowest BCUT2D eigenvalue weighted by Crippen LogP contribution is -2.36. The van der Waals surface area contributed by atoms with Crippen molar-refractivity contribution in [3.05, 3.63) is 40.2 Å². The van der Waals surface area contributed by atoms with Crippen LogP contribution in [-0.4, -0.2) is 21.1 Å². The Kier molecular flexibility index (Phi) is 3.16. The molecule has 1 aliphatic rings. The van der Waals surface area contributed by atoms with Crippen molar-refractivity contribution in [1.82, 2.24) is 9.55 Å². The molecule has 1 heterocycles. The van der Waals surface area contributed by atoms with Gasteiger partial charge in [0.2, 0.25) is 0 Å². The maximum atomic E-state index is 13.7. The summed E-state index contributed by atoms with van der Waals surface area (Å²) in [6.45, 7) is 1.57. The van der Waals surface area contributed by atoms with E-state index in [9.17, 15) is 18.8 Å². The summed E-state index contributed by atoms with van der Waals surface area (Å²) in [6.07, 6.45) is 0.405. The zero-order chi connectivity index (χ0) is 15.1. The molecule has 1 atom stereocenters. The minimum Gasteiger partial charge on any atom is -0.299 e. The molecule has 0 saturated heterocycles.